The van der Waals surface area contributed by atoms with Crippen LogP contribution in [0.1, 0.15) is 143 Å². The maximum atomic E-state index is 11.1. The Hall–Kier alpha value is -0.261. The Bertz CT molecular complexity index is 396. The third-order valence-corrected chi connectivity index (χ3v) is 15.0. The number of hydrogen-bond donors (Lipinski definition) is 1. The molecule has 5 heteroatoms. The maximum absolute atomic E-state index is 11.1. The third-order valence-electron chi connectivity index (χ3n) is 5.96. The second-order valence-electron chi connectivity index (χ2n) is 9.36. The Balaban J connectivity index is 0. The molecule has 0 saturated carbocycles. The number of aliphatic carboxylic acids is 1. The van der Waals surface area contributed by atoms with Gasteiger partial charge in [0.05, 0.1) is 19.4 Å². The molecule has 1 N–H and O–H groups in total. The zero-order valence-corrected chi connectivity index (χ0v) is 25.6. The summed E-state index contributed by atoms with van der Waals surface area (Å²) < 4.78 is 10.0. The molecule has 0 spiro atoms. The monoisotopic (exact) mass is 577 g/mol. The van der Waals surface area contributed by atoms with E-state index in [-0.39, 0.29) is 12.8 Å². The van der Waals surface area contributed by atoms with E-state index >= 15 is 0 Å². The van der Waals surface area contributed by atoms with Gasteiger partial charge >= 0.3 is 104 Å². The first kappa shape index (κ1) is 34.9. The molecule has 0 aliphatic carbocycles. The van der Waals surface area contributed by atoms with Crippen LogP contribution in [0.25, 0.3) is 0 Å². The topological polar surface area (TPSA) is 63.6 Å². The van der Waals surface area contributed by atoms with Crippen molar-refractivity contribution in [2.24, 2.45) is 0 Å². The van der Waals surface area contributed by atoms with Gasteiger partial charge < -0.3 is 9.84 Å². The first-order chi connectivity index (χ1) is 16.0. The van der Waals surface area contributed by atoms with Crippen molar-refractivity contribution >= 4 is 31.7 Å². The molecular weight excluding hydrogens is 519 g/mol. The first-order valence-corrected chi connectivity index (χ1v) is 20.3. The van der Waals surface area contributed by atoms with Crippen LogP contribution in [0.5, 0.6) is 0 Å². The van der Waals surface area contributed by atoms with Crippen LogP contribution in [0.2, 0.25) is 13.3 Å². The van der Waals surface area contributed by atoms with Crippen molar-refractivity contribution in [2.45, 2.75) is 157 Å². The summed E-state index contributed by atoms with van der Waals surface area (Å²) in [6, 6.07) is 0. The van der Waals surface area contributed by atoms with Crippen molar-refractivity contribution in [2.75, 3.05) is 6.61 Å². The Morgan fingerprint density at radius 3 is 1.36 bits per heavy atom. The number of unbranched alkanes of at least 4 members (excludes halogenated alkanes) is 12. The third kappa shape index (κ3) is 31.7. The van der Waals surface area contributed by atoms with E-state index in [1.807, 2.05) is 0 Å². The summed E-state index contributed by atoms with van der Waals surface area (Å²) in [5.41, 5.74) is 0. The van der Waals surface area contributed by atoms with Gasteiger partial charge in [0.15, 0.2) is 0 Å². The van der Waals surface area contributed by atoms with Crippen molar-refractivity contribution in [1.29, 1.82) is 0 Å². The molecule has 0 amide bonds. The Morgan fingerprint density at radius 2 is 0.970 bits per heavy atom. The van der Waals surface area contributed by atoms with E-state index in [4.69, 9.17) is 9.84 Å². The second-order valence-corrected chi connectivity index (χ2v) is 17.9. The summed E-state index contributed by atoms with van der Waals surface area (Å²) in [6.07, 6.45) is 21.1. The molecule has 0 saturated heterocycles. The Labute approximate surface area is 213 Å². The van der Waals surface area contributed by atoms with Crippen LogP contribution in [-0.2, 0) is 14.3 Å². The van der Waals surface area contributed by atoms with Crippen LogP contribution < -0.4 is 0 Å². The predicted molar refractivity (Wildman–Crippen MR) is 145 cm³/mol. The molecule has 1 radical (unpaired) electrons. The number of rotatable bonds is 23. The molecule has 0 aromatic carbocycles. The molecule has 33 heavy (non-hydrogen) atoms. The van der Waals surface area contributed by atoms with E-state index in [2.05, 4.69) is 27.7 Å². The van der Waals surface area contributed by atoms with Gasteiger partial charge in [0, 0.05) is 0 Å². The molecule has 0 bridgehead atoms. The van der Waals surface area contributed by atoms with Crippen molar-refractivity contribution < 1.29 is 19.4 Å². The van der Waals surface area contributed by atoms with Crippen LogP contribution in [0, 0.1) is 0 Å². The fourth-order valence-corrected chi connectivity index (χ4v) is 13.2. The standard InChI is InChI=1S/C16H30O4.3C4H9.Sn/c1-2-3-4-5-6-7-8-9-10-11-14-20-16(19)13-12-15(17)18;3*1-3-4-2;/h2-14H2,1H3,(H,17,18);3*1,3-4H2,2H3;. The van der Waals surface area contributed by atoms with Crippen LogP contribution in [0.3, 0.4) is 0 Å². The molecule has 0 rings (SSSR count). The molecule has 0 fully saturated rings. The number of hydrogen-bond acceptors (Lipinski definition) is 3. The second kappa shape index (κ2) is 29.8. The van der Waals surface area contributed by atoms with Crippen molar-refractivity contribution in [1.82, 2.24) is 0 Å². The van der Waals surface area contributed by atoms with E-state index in [1.54, 1.807) is 13.3 Å². The van der Waals surface area contributed by atoms with Crippen LogP contribution in [0.15, 0.2) is 0 Å². The molecule has 0 heterocycles. The van der Waals surface area contributed by atoms with Crippen LogP contribution in [-0.4, -0.2) is 43.4 Å². The van der Waals surface area contributed by atoms with Gasteiger partial charge in [-0.2, -0.15) is 0 Å². The van der Waals surface area contributed by atoms with Gasteiger partial charge in [-0.1, -0.05) is 64.7 Å². The van der Waals surface area contributed by atoms with E-state index < -0.39 is 31.7 Å². The minimum atomic E-state index is -0.958. The molecule has 0 unspecified atom stereocenters. The summed E-state index contributed by atoms with van der Waals surface area (Å²) in [5, 5.41) is 8.41. The quantitative estimate of drug-likeness (QED) is 0.0749. The normalized spacial score (nSPS) is 10.7. The van der Waals surface area contributed by atoms with Gasteiger partial charge in [0.2, 0.25) is 0 Å². The van der Waals surface area contributed by atoms with Crippen molar-refractivity contribution in [3.8, 4) is 0 Å². The van der Waals surface area contributed by atoms with Crippen molar-refractivity contribution in [3.05, 3.63) is 0 Å². The SMILES string of the molecule is CCCCCCCCCCCCOC(=O)CCC(=O)O.CCC[CH2][Sn]([CH2]CCC)[CH2]CCC. The van der Waals surface area contributed by atoms with E-state index in [0.717, 1.165) is 12.8 Å². The Kier molecular flexibility index (Phi) is 31.5. The van der Waals surface area contributed by atoms with Gasteiger partial charge in [-0.05, 0) is 6.42 Å². The van der Waals surface area contributed by atoms with E-state index in [0.29, 0.717) is 6.61 Å². The average molecular weight is 576 g/mol. The Morgan fingerprint density at radius 1 is 0.576 bits per heavy atom. The molecule has 0 atom stereocenters. The van der Waals surface area contributed by atoms with Crippen molar-refractivity contribution in [3.63, 3.8) is 0 Å². The predicted octanol–water partition coefficient (Wildman–Crippen LogP) is 9.20. The van der Waals surface area contributed by atoms with Gasteiger partial charge in [-0.3, -0.25) is 9.59 Å². The summed E-state index contributed by atoms with van der Waals surface area (Å²) in [6.45, 7) is 9.66. The summed E-state index contributed by atoms with van der Waals surface area (Å²) in [5.74, 6) is -1.36. The first-order valence-electron chi connectivity index (χ1n) is 14.2. The molecule has 197 valence electrons. The zero-order chi connectivity index (χ0) is 25.0. The van der Waals surface area contributed by atoms with Crippen LogP contribution in [0.4, 0.5) is 0 Å². The van der Waals surface area contributed by atoms with E-state index in [9.17, 15) is 9.59 Å². The van der Waals surface area contributed by atoms with E-state index in [1.165, 1.54) is 89.9 Å². The molecule has 0 aromatic heterocycles. The minimum absolute atomic E-state index is 0.0207. The van der Waals surface area contributed by atoms with Gasteiger partial charge in [-0.25, -0.2) is 0 Å². The van der Waals surface area contributed by atoms with Gasteiger partial charge in [0.25, 0.3) is 0 Å². The number of carboxylic acids is 1. The molecular formula is C28H57O4Sn. The molecule has 0 aliphatic heterocycles. The summed E-state index contributed by atoms with van der Waals surface area (Å²) in [4.78, 5) is 21.4. The zero-order valence-electron chi connectivity index (χ0n) is 22.7. The van der Waals surface area contributed by atoms with Crippen LogP contribution >= 0.6 is 0 Å². The number of carbonyl (C=O) groups excluding carboxylic acids is 1. The summed E-state index contributed by atoms with van der Waals surface area (Å²) >= 11 is -0.839. The van der Waals surface area contributed by atoms with Gasteiger partial charge in [-0.15, -0.1) is 0 Å². The summed E-state index contributed by atoms with van der Waals surface area (Å²) in [7, 11) is 0. The number of carboxylic acid groups (broad SMARTS) is 1. The fourth-order valence-electron chi connectivity index (χ4n) is 3.71. The molecule has 0 aromatic rings. The fraction of sp³-hybridized carbons (Fsp3) is 0.929. The average Bonchev–Trinajstić information content (AvgIpc) is 2.81. The molecule has 4 nitrogen and oxygen atoms in total. The molecule has 0 aliphatic rings. The number of ether oxygens (including phenoxy) is 1. The van der Waals surface area contributed by atoms with Gasteiger partial charge in [0.1, 0.15) is 0 Å². The number of carbonyl (C=O) groups is 2. The number of esters is 1.